The van der Waals surface area contributed by atoms with Crippen LogP contribution >= 0.6 is 0 Å². The molecule has 6 nitrogen and oxygen atoms in total. The summed E-state index contributed by atoms with van der Waals surface area (Å²) >= 11 is 0. The third-order valence-corrected chi connectivity index (χ3v) is 2.23. The van der Waals surface area contributed by atoms with E-state index in [1.165, 1.54) is 14.1 Å². The first kappa shape index (κ1) is 13.9. The normalized spacial score (nSPS) is 11.4. The monoisotopic (exact) mass is 256 g/mol. The number of aromatic nitrogens is 2. The van der Waals surface area contributed by atoms with E-state index in [0.717, 1.165) is 15.3 Å². The van der Waals surface area contributed by atoms with Gasteiger partial charge in [-0.3, -0.25) is 9.36 Å². The highest BCUT2D eigenvalue weighted by Gasteiger charge is 2.13. The zero-order chi connectivity index (χ0) is 13.9. The Morgan fingerprint density at radius 2 is 2.06 bits per heavy atom. The maximum atomic E-state index is 13.7. The largest absolute Gasteiger partial charge is 0.463 e. The summed E-state index contributed by atoms with van der Waals surface area (Å²) in [7, 11) is 2.61. The van der Waals surface area contributed by atoms with Crippen molar-refractivity contribution in [3.05, 3.63) is 38.7 Å². The fraction of sp³-hybridized carbons (Fsp3) is 0.364. The number of rotatable bonds is 3. The van der Waals surface area contributed by atoms with Crippen LogP contribution < -0.4 is 11.2 Å². The SMILES string of the molecule is CCOC(=O)/C=C(\F)c1cn(C)c(=O)n(C)c1=O. The molecule has 1 heterocycles. The lowest BCUT2D eigenvalue weighted by molar-refractivity contribution is -0.137. The summed E-state index contributed by atoms with van der Waals surface area (Å²) in [5, 5.41) is 0. The van der Waals surface area contributed by atoms with E-state index in [9.17, 15) is 18.8 Å². The van der Waals surface area contributed by atoms with Crippen molar-refractivity contribution >= 4 is 11.8 Å². The molecule has 0 N–H and O–H groups in total. The van der Waals surface area contributed by atoms with Gasteiger partial charge < -0.3 is 9.30 Å². The van der Waals surface area contributed by atoms with Crippen molar-refractivity contribution in [2.75, 3.05) is 6.61 Å². The van der Waals surface area contributed by atoms with Crippen LogP contribution in [0.1, 0.15) is 12.5 Å². The van der Waals surface area contributed by atoms with E-state index in [4.69, 9.17) is 0 Å². The second kappa shape index (κ2) is 5.44. The van der Waals surface area contributed by atoms with Gasteiger partial charge in [0.1, 0.15) is 5.83 Å². The van der Waals surface area contributed by atoms with Crippen molar-refractivity contribution in [1.29, 1.82) is 0 Å². The van der Waals surface area contributed by atoms with Gasteiger partial charge in [0.25, 0.3) is 5.56 Å². The number of ether oxygens (including phenoxy) is 1. The Morgan fingerprint density at radius 3 is 2.61 bits per heavy atom. The molecule has 0 saturated carbocycles. The van der Waals surface area contributed by atoms with Gasteiger partial charge in [0.15, 0.2) is 0 Å². The topological polar surface area (TPSA) is 70.3 Å². The summed E-state index contributed by atoms with van der Waals surface area (Å²) in [5.41, 5.74) is -1.75. The van der Waals surface area contributed by atoms with Gasteiger partial charge in [0, 0.05) is 20.3 Å². The highest BCUT2D eigenvalue weighted by molar-refractivity contribution is 5.89. The van der Waals surface area contributed by atoms with Crippen LogP contribution in [0.15, 0.2) is 21.9 Å². The van der Waals surface area contributed by atoms with Gasteiger partial charge in [-0.1, -0.05) is 0 Å². The lowest BCUT2D eigenvalue weighted by atomic mass is 10.2. The first-order valence-electron chi connectivity index (χ1n) is 5.19. The summed E-state index contributed by atoms with van der Waals surface area (Å²) in [5.74, 6) is -1.92. The molecule has 18 heavy (non-hydrogen) atoms. The Bertz CT molecular complexity index is 612. The number of esters is 1. The summed E-state index contributed by atoms with van der Waals surface area (Å²) in [4.78, 5) is 34.1. The van der Waals surface area contributed by atoms with Gasteiger partial charge in [0.05, 0.1) is 18.2 Å². The van der Waals surface area contributed by atoms with Crippen LogP contribution in [0.4, 0.5) is 4.39 Å². The van der Waals surface area contributed by atoms with Crippen molar-refractivity contribution in [2.45, 2.75) is 6.92 Å². The number of carbonyl (C=O) groups is 1. The average molecular weight is 256 g/mol. The average Bonchev–Trinajstić information content (AvgIpc) is 2.31. The van der Waals surface area contributed by atoms with Crippen LogP contribution in [0, 0.1) is 0 Å². The van der Waals surface area contributed by atoms with Crippen LogP contribution in [0.3, 0.4) is 0 Å². The number of nitrogens with zero attached hydrogens (tertiary/aromatic N) is 2. The Morgan fingerprint density at radius 1 is 1.44 bits per heavy atom. The standard InChI is InChI=1S/C11H13FN2O4/c1-4-18-9(15)5-8(12)7-6-13(2)11(17)14(3)10(7)16/h5-6H,4H2,1-3H3/b8-5-. The maximum Gasteiger partial charge on any atom is 0.333 e. The molecule has 0 unspecified atom stereocenters. The predicted octanol–water partition coefficient (Wildman–Crippen LogP) is -0.0425. The number of carbonyl (C=O) groups excluding carboxylic acids is 1. The highest BCUT2D eigenvalue weighted by Crippen LogP contribution is 2.10. The second-order valence-corrected chi connectivity index (χ2v) is 3.54. The summed E-state index contributed by atoms with van der Waals surface area (Å²) in [6.07, 6.45) is 1.61. The zero-order valence-corrected chi connectivity index (χ0v) is 10.3. The van der Waals surface area contributed by atoms with E-state index in [1.807, 2.05) is 0 Å². The first-order valence-corrected chi connectivity index (χ1v) is 5.19. The Kier molecular flexibility index (Phi) is 4.19. The summed E-state index contributed by atoms with van der Waals surface area (Å²) < 4.78 is 20.0. The highest BCUT2D eigenvalue weighted by atomic mass is 19.1. The molecular formula is C11H13FN2O4. The van der Waals surface area contributed by atoms with Crippen LogP contribution in [-0.4, -0.2) is 21.7 Å². The van der Waals surface area contributed by atoms with E-state index < -0.39 is 23.0 Å². The predicted molar refractivity (Wildman–Crippen MR) is 62.6 cm³/mol. The molecule has 0 aliphatic rings. The van der Waals surface area contributed by atoms with Crippen LogP contribution in [0.25, 0.3) is 5.83 Å². The lowest BCUT2D eigenvalue weighted by Crippen LogP contribution is -2.38. The molecule has 0 amide bonds. The summed E-state index contributed by atoms with van der Waals surface area (Å²) in [6, 6.07) is 0. The second-order valence-electron chi connectivity index (χ2n) is 3.54. The van der Waals surface area contributed by atoms with Crippen molar-refractivity contribution in [2.24, 2.45) is 14.1 Å². The molecule has 0 fully saturated rings. The van der Waals surface area contributed by atoms with E-state index >= 15 is 0 Å². The Hall–Kier alpha value is -2.18. The zero-order valence-electron chi connectivity index (χ0n) is 10.3. The van der Waals surface area contributed by atoms with Crippen molar-refractivity contribution < 1.29 is 13.9 Å². The minimum absolute atomic E-state index is 0.105. The number of hydrogen-bond acceptors (Lipinski definition) is 4. The third-order valence-electron chi connectivity index (χ3n) is 2.23. The fourth-order valence-corrected chi connectivity index (χ4v) is 1.34. The van der Waals surface area contributed by atoms with Gasteiger partial charge in [-0.2, -0.15) is 0 Å². The minimum Gasteiger partial charge on any atom is -0.463 e. The molecule has 98 valence electrons. The molecule has 0 aromatic carbocycles. The molecule has 1 aromatic rings. The minimum atomic E-state index is -1.04. The van der Waals surface area contributed by atoms with E-state index in [-0.39, 0.29) is 12.2 Å². The molecule has 1 aromatic heterocycles. The number of aryl methyl sites for hydroxylation is 1. The van der Waals surface area contributed by atoms with Crippen molar-refractivity contribution in [3.8, 4) is 0 Å². The fourth-order valence-electron chi connectivity index (χ4n) is 1.34. The number of hydrogen-bond donors (Lipinski definition) is 0. The maximum absolute atomic E-state index is 13.7. The molecule has 1 rings (SSSR count). The van der Waals surface area contributed by atoms with Gasteiger partial charge in [-0.25, -0.2) is 14.0 Å². The van der Waals surface area contributed by atoms with Crippen molar-refractivity contribution in [3.63, 3.8) is 0 Å². The van der Waals surface area contributed by atoms with Crippen molar-refractivity contribution in [1.82, 2.24) is 9.13 Å². The van der Waals surface area contributed by atoms with Crippen LogP contribution in [0.5, 0.6) is 0 Å². The van der Waals surface area contributed by atoms with Gasteiger partial charge in [-0.15, -0.1) is 0 Å². The molecule has 0 saturated heterocycles. The van der Waals surface area contributed by atoms with Gasteiger partial charge in [0.2, 0.25) is 0 Å². The summed E-state index contributed by atoms with van der Waals surface area (Å²) in [6.45, 7) is 1.68. The molecule has 0 atom stereocenters. The first-order chi connectivity index (χ1) is 8.38. The Balaban J connectivity index is 3.31. The molecule has 0 spiro atoms. The molecule has 0 aliphatic heterocycles. The molecule has 0 bridgehead atoms. The van der Waals surface area contributed by atoms with Gasteiger partial charge >= 0.3 is 11.7 Å². The molecule has 0 aliphatic carbocycles. The van der Waals surface area contributed by atoms with Gasteiger partial charge in [-0.05, 0) is 6.92 Å². The van der Waals surface area contributed by atoms with E-state index in [1.54, 1.807) is 6.92 Å². The van der Waals surface area contributed by atoms with E-state index in [2.05, 4.69) is 4.74 Å². The molecule has 0 radical (unpaired) electrons. The third kappa shape index (κ3) is 2.73. The molecule has 7 heteroatoms. The van der Waals surface area contributed by atoms with E-state index in [0.29, 0.717) is 6.08 Å². The van der Waals surface area contributed by atoms with Crippen LogP contribution in [-0.2, 0) is 23.6 Å². The quantitative estimate of drug-likeness (QED) is 0.562. The smallest absolute Gasteiger partial charge is 0.333 e. The lowest BCUT2D eigenvalue weighted by Gasteiger charge is -2.04. The Labute approximate surface area is 102 Å². The molecular weight excluding hydrogens is 243 g/mol. The number of halogens is 1. The van der Waals surface area contributed by atoms with Crippen LogP contribution in [0.2, 0.25) is 0 Å².